The number of hydrogen-bond acceptors (Lipinski definition) is 5. The number of aromatic amines is 1. The molecule has 164 valence electrons. The molecule has 3 amide bonds. The Kier molecular flexibility index (Phi) is 4.51. The molecular formula is C24H24N4O4. The van der Waals surface area contributed by atoms with Crippen LogP contribution < -0.4 is 5.32 Å². The molecule has 2 saturated heterocycles. The smallest absolute Gasteiger partial charge is 0.256 e. The first kappa shape index (κ1) is 19.5. The summed E-state index contributed by atoms with van der Waals surface area (Å²) >= 11 is 0. The van der Waals surface area contributed by atoms with E-state index in [1.165, 1.54) is 4.90 Å². The van der Waals surface area contributed by atoms with Crippen LogP contribution >= 0.6 is 0 Å². The molecule has 3 aliphatic heterocycles. The zero-order chi connectivity index (χ0) is 21.8. The lowest BCUT2D eigenvalue weighted by molar-refractivity contribution is -0.142. The lowest BCUT2D eigenvalue weighted by Gasteiger charge is -2.25. The predicted octanol–water partition coefficient (Wildman–Crippen LogP) is 1.84. The summed E-state index contributed by atoms with van der Waals surface area (Å²) in [6.07, 6.45) is 4.53. The Morgan fingerprint density at radius 2 is 1.78 bits per heavy atom. The van der Waals surface area contributed by atoms with Crippen LogP contribution in [0.1, 0.15) is 28.8 Å². The van der Waals surface area contributed by atoms with Gasteiger partial charge < -0.3 is 15.0 Å². The molecule has 8 heteroatoms. The van der Waals surface area contributed by atoms with Crippen molar-refractivity contribution in [1.82, 2.24) is 14.8 Å². The minimum atomic E-state index is -0.156. The SMILES string of the molecule is O=C1Nc2ccc(CN3C(=O)[C@H]4C[C@H]4C3=O)cc2C1=Cc1cc(CN2CCOCC2)c[nH]1. The summed E-state index contributed by atoms with van der Waals surface area (Å²) in [4.78, 5) is 44.2. The lowest BCUT2D eigenvalue weighted by Crippen LogP contribution is -2.35. The number of benzene rings is 1. The number of piperidine rings is 1. The zero-order valence-corrected chi connectivity index (χ0v) is 17.6. The van der Waals surface area contributed by atoms with Gasteiger partial charge in [0.25, 0.3) is 5.91 Å². The standard InChI is InChI=1S/C24H24N4O4/c29-22-18(9-16-7-15(11-25-16)12-27-3-5-32-6-4-27)17-8-14(1-2-21(17)26-22)13-28-23(30)19-10-20(19)24(28)31/h1-2,7-9,11,19-20,25H,3-6,10,12-13H2,(H,26,29)/t19-,20+. The molecule has 0 unspecified atom stereocenters. The average molecular weight is 432 g/mol. The molecule has 32 heavy (non-hydrogen) atoms. The summed E-state index contributed by atoms with van der Waals surface area (Å²) < 4.78 is 5.40. The Morgan fingerprint density at radius 3 is 2.56 bits per heavy atom. The third-order valence-electron chi connectivity index (χ3n) is 6.74. The molecule has 8 nitrogen and oxygen atoms in total. The van der Waals surface area contributed by atoms with Gasteiger partial charge in [-0.3, -0.25) is 24.2 Å². The Bertz CT molecular complexity index is 1140. The van der Waals surface area contributed by atoms with E-state index in [1.54, 1.807) is 0 Å². The monoisotopic (exact) mass is 432 g/mol. The van der Waals surface area contributed by atoms with E-state index in [1.807, 2.05) is 30.5 Å². The van der Waals surface area contributed by atoms with Crippen molar-refractivity contribution in [3.8, 4) is 0 Å². The van der Waals surface area contributed by atoms with Gasteiger partial charge in [-0.2, -0.15) is 0 Å². The first-order valence-corrected chi connectivity index (χ1v) is 11.1. The highest BCUT2D eigenvalue weighted by Crippen LogP contribution is 2.47. The van der Waals surface area contributed by atoms with Crippen LogP contribution in [0.4, 0.5) is 5.69 Å². The Balaban J connectivity index is 1.22. The van der Waals surface area contributed by atoms with Crippen LogP contribution in [0.3, 0.4) is 0 Å². The maximum atomic E-state index is 12.6. The highest BCUT2D eigenvalue weighted by molar-refractivity contribution is 6.34. The van der Waals surface area contributed by atoms with E-state index in [4.69, 9.17) is 4.74 Å². The minimum absolute atomic E-state index is 0.0651. The molecule has 3 fully saturated rings. The summed E-state index contributed by atoms with van der Waals surface area (Å²) in [6, 6.07) is 7.67. The van der Waals surface area contributed by atoms with E-state index in [2.05, 4.69) is 21.3 Å². The van der Waals surface area contributed by atoms with Gasteiger partial charge in [0.2, 0.25) is 11.8 Å². The highest BCUT2D eigenvalue weighted by atomic mass is 16.5. The number of aromatic nitrogens is 1. The number of nitrogens with one attached hydrogen (secondary N) is 2. The molecule has 1 aromatic heterocycles. The van der Waals surface area contributed by atoms with Crippen molar-refractivity contribution in [3.63, 3.8) is 0 Å². The minimum Gasteiger partial charge on any atom is -0.379 e. The van der Waals surface area contributed by atoms with E-state index >= 15 is 0 Å². The van der Waals surface area contributed by atoms with Crippen molar-refractivity contribution >= 4 is 35.1 Å². The molecule has 2 N–H and O–H groups in total. The summed E-state index contributed by atoms with van der Waals surface area (Å²) in [5.41, 5.74) is 4.97. The number of hydrogen-bond donors (Lipinski definition) is 2. The molecule has 0 bridgehead atoms. The molecular weight excluding hydrogens is 408 g/mol. The van der Waals surface area contributed by atoms with Crippen LogP contribution in [0.2, 0.25) is 0 Å². The maximum absolute atomic E-state index is 12.6. The topological polar surface area (TPSA) is 94.7 Å². The molecule has 1 aromatic carbocycles. The zero-order valence-electron chi connectivity index (χ0n) is 17.6. The van der Waals surface area contributed by atoms with Crippen molar-refractivity contribution in [1.29, 1.82) is 0 Å². The highest BCUT2D eigenvalue weighted by Gasteiger charge is 2.58. The molecule has 1 saturated carbocycles. The average Bonchev–Trinajstić information content (AvgIpc) is 3.31. The number of likely N-dealkylation sites (tertiary alicyclic amines) is 1. The number of ether oxygens (including phenoxy) is 1. The van der Waals surface area contributed by atoms with Crippen molar-refractivity contribution in [2.75, 3.05) is 31.6 Å². The van der Waals surface area contributed by atoms with Crippen molar-refractivity contribution in [2.24, 2.45) is 11.8 Å². The van der Waals surface area contributed by atoms with Crippen LogP contribution in [0, 0.1) is 11.8 Å². The third kappa shape index (κ3) is 3.36. The van der Waals surface area contributed by atoms with Crippen molar-refractivity contribution in [3.05, 3.63) is 52.8 Å². The van der Waals surface area contributed by atoms with Crippen LogP contribution in [-0.2, 0) is 32.2 Å². The van der Waals surface area contributed by atoms with Gasteiger partial charge in [0.15, 0.2) is 0 Å². The van der Waals surface area contributed by atoms with Crippen LogP contribution in [0.5, 0.6) is 0 Å². The second-order valence-electron chi connectivity index (χ2n) is 8.96. The molecule has 4 heterocycles. The number of H-pyrrole nitrogens is 1. The predicted molar refractivity (Wildman–Crippen MR) is 117 cm³/mol. The van der Waals surface area contributed by atoms with Gasteiger partial charge in [0.05, 0.1) is 37.2 Å². The largest absolute Gasteiger partial charge is 0.379 e. The lowest BCUT2D eigenvalue weighted by atomic mass is 10.0. The van der Waals surface area contributed by atoms with Gasteiger partial charge in [0, 0.05) is 42.8 Å². The number of nitrogens with zero attached hydrogens (tertiary/aromatic N) is 2. The summed E-state index contributed by atoms with van der Waals surface area (Å²) in [6.45, 7) is 4.46. The number of imide groups is 1. The van der Waals surface area contributed by atoms with Crippen LogP contribution in [-0.4, -0.2) is 58.8 Å². The number of rotatable bonds is 5. The number of carbonyl (C=O) groups is 3. The van der Waals surface area contributed by atoms with E-state index in [9.17, 15) is 14.4 Å². The van der Waals surface area contributed by atoms with Gasteiger partial charge in [-0.25, -0.2) is 0 Å². The van der Waals surface area contributed by atoms with Gasteiger partial charge >= 0.3 is 0 Å². The van der Waals surface area contributed by atoms with Crippen molar-refractivity contribution < 1.29 is 19.1 Å². The molecule has 6 rings (SSSR count). The number of carbonyl (C=O) groups excluding carboxylic acids is 3. The van der Waals surface area contributed by atoms with Crippen LogP contribution in [0.15, 0.2) is 30.5 Å². The van der Waals surface area contributed by atoms with Gasteiger partial charge in [-0.15, -0.1) is 0 Å². The van der Waals surface area contributed by atoms with E-state index in [0.29, 0.717) is 12.0 Å². The summed E-state index contributed by atoms with van der Waals surface area (Å²) in [5, 5.41) is 2.90. The second-order valence-corrected chi connectivity index (χ2v) is 8.96. The van der Waals surface area contributed by atoms with Gasteiger partial charge in [-0.1, -0.05) is 6.07 Å². The fourth-order valence-electron chi connectivity index (χ4n) is 4.87. The van der Waals surface area contributed by atoms with E-state index in [-0.39, 0.29) is 36.1 Å². The Hall–Kier alpha value is -3.23. The Morgan fingerprint density at radius 1 is 1.00 bits per heavy atom. The first-order chi connectivity index (χ1) is 15.6. The molecule has 1 aliphatic carbocycles. The van der Waals surface area contributed by atoms with Crippen LogP contribution in [0.25, 0.3) is 11.6 Å². The first-order valence-electron chi connectivity index (χ1n) is 11.1. The number of fused-ring (bicyclic) bond motifs is 2. The molecule has 0 radical (unpaired) electrons. The summed E-state index contributed by atoms with van der Waals surface area (Å²) in [5.74, 6) is -0.490. The number of anilines is 1. The summed E-state index contributed by atoms with van der Waals surface area (Å²) in [7, 11) is 0. The Labute approximate surface area is 185 Å². The fourth-order valence-corrected chi connectivity index (χ4v) is 4.87. The fraction of sp³-hybridized carbons (Fsp3) is 0.375. The maximum Gasteiger partial charge on any atom is 0.256 e. The molecule has 4 aliphatic rings. The quantitative estimate of drug-likeness (QED) is 0.556. The number of amides is 3. The molecule has 0 spiro atoms. The second kappa shape index (κ2) is 7.43. The molecule has 2 aromatic rings. The normalized spacial score (nSPS) is 25.9. The third-order valence-corrected chi connectivity index (χ3v) is 6.74. The number of morpholine rings is 1. The molecule has 2 atom stereocenters. The van der Waals surface area contributed by atoms with E-state index in [0.717, 1.165) is 60.9 Å². The van der Waals surface area contributed by atoms with E-state index < -0.39 is 0 Å². The van der Waals surface area contributed by atoms with Gasteiger partial charge in [0.1, 0.15) is 0 Å². The van der Waals surface area contributed by atoms with Gasteiger partial charge in [-0.05, 0) is 41.8 Å². The van der Waals surface area contributed by atoms with Crippen molar-refractivity contribution in [2.45, 2.75) is 19.5 Å².